The molecule has 0 aromatic heterocycles. The number of rotatable bonds is 3. The van der Waals surface area contributed by atoms with Crippen LogP contribution in [0.5, 0.6) is 11.5 Å². The Morgan fingerprint density at radius 1 is 1.00 bits per heavy atom. The van der Waals surface area contributed by atoms with Crippen LogP contribution in [0.15, 0.2) is 18.2 Å². The lowest BCUT2D eigenvalue weighted by molar-refractivity contribution is -0.291. The predicted molar refractivity (Wildman–Crippen MR) is 60.0 cm³/mol. The fraction of sp³-hybridized carbons (Fsp3) is 0.400. The molecule has 128 valence electrons. The summed E-state index contributed by atoms with van der Waals surface area (Å²) in [6.45, 7) is 0. The van der Waals surface area contributed by atoms with Crippen LogP contribution in [0.2, 0.25) is 0 Å². The number of hydrogen-bond donors (Lipinski definition) is 2. The molecule has 0 bridgehead atoms. The van der Waals surface area contributed by atoms with Crippen molar-refractivity contribution in [3.8, 4) is 11.5 Å². The van der Waals surface area contributed by atoms with E-state index >= 15 is 0 Å². The van der Waals surface area contributed by atoms with Crippen molar-refractivity contribution < 1.29 is 45.0 Å². The molecule has 0 fully saturated rings. The van der Waals surface area contributed by atoms with E-state index in [1.54, 1.807) is 0 Å². The van der Waals surface area contributed by atoms with Crippen molar-refractivity contribution in [2.45, 2.75) is 24.5 Å². The first-order valence-corrected chi connectivity index (χ1v) is 5.04. The number of halogens is 9. The second kappa shape index (κ2) is 6.32. The summed E-state index contributed by atoms with van der Waals surface area (Å²) in [6, 6.07) is -1.95. The normalized spacial score (nSPS) is 14.2. The standard InChI is InChI=1S/C10H7F8NO2.ClH/c11-8(12,9(13,14)15)7(19)5-3-4(1-2-6(5)20)21-10(16,17)18;/h1-3,7,20H,19H2;1H/t7-;/m1./s1. The van der Waals surface area contributed by atoms with Gasteiger partial charge in [-0.3, -0.25) is 0 Å². The lowest BCUT2D eigenvalue weighted by atomic mass is 9.99. The van der Waals surface area contributed by atoms with Gasteiger partial charge in [-0.1, -0.05) is 0 Å². The average molecular weight is 362 g/mol. The van der Waals surface area contributed by atoms with Crippen molar-refractivity contribution >= 4 is 12.4 Å². The molecule has 0 unspecified atom stereocenters. The molecule has 0 heterocycles. The van der Waals surface area contributed by atoms with Gasteiger partial charge in [0.05, 0.1) is 0 Å². The number of ether oxygens (including phenoxy) is 1. The highest BCUT2D eigenvalue weighted by Crippen LogP contribution is 2.45. The molecule has 0 aliphatic rings. The van der Waals surface area contributed by atoms with Gasteiger partial charge in [0.1, 0.15) is 17.5 Å². The third-order valence-corrected chi connectivity index (χ3v) is 2.34. The molecular formula is C10H8ClF8NO2. The fourth-order valence-corrected chi connectivity index (χ4v) is 1.35. The molecule has 0 amide bonds. The van der Waals surface area contributed by atoms with E-state index < -0.39 is 41.6 Å². The summed E-state index contributed by atoms with van der Waals surface area (Å²) in [6.07, 6.45) is -11.2. The monoisotopic (exact) mass is 361 g/mol. The summed E-state index contributed by atoms with van der Waals surface area (Å²) in [5.41, 5.74) is 3.49. The van der Waals surface area contributed by atoms with Crippen LogP contribution < -0.4 is 10.5 Å². The summed E-state index contributed by atoms with van der Waals surface area (Å²) in [5, 5.41) is 9.22. The Morgan fingerprint density at radius 2 is 1.50 bits per heavy atom. The molecule has 3 nitrogen and oxygen atoms in total. The third-order valence-electron chi connectivity index (χ3n) is 2.34. The maximum atomic E-state index is 13.0. The lowest BCUT2D eigenvalue weighted by Crippen LogP contribution is -2.45. The minimum atomic E-state index is -6.04. The summed E-state index contributed by atoms with van der Waals surface area (Å²) in [7, 11) is 0. The van der Waals surface area contributed by atoms with Gasteiger partial charge in [0, 0.05) is 5.56 Å². The first kappa shape index (κ1) is 20.5. The van der Waals surface area contributed by atoms with Gasteiger partial charge in [0.15, 0.2) is 0 Å². The Kier molecular flexibility index (Phi) is 5.90. The van der Waals surface area contributed by atoms with Gasteiger partial charge in [-0.2, -0.15) is 22.0 Å². The van der Waals surface area contributed by atoms with Crippen molar-refractivity contribution in [1.82, 2.24) is 0 Å². The third kappa shape index (κ3) is 4.50. The maximum Gasteiger partial charge on any atom is 0.573 e. The van der Waals surface area contributed by atoms with E-state index in [1.165, 1.54) is 0 Å². The molecular weight excluding hydrogens is 354 g/mol. The highest BCUT2D eigenvalue weighted by atomic mass is 35.5. The molecule has 0 spiro atoms. The minimum absolute atomic E-state index is 0. The maximum absolute atomic E-state index is 13.0. The predicted octanol–water partition coefficient (Wildman–Crippen LogP) is 3.91. The second-order valence-electron chi connectivity index (χ2n) is 3.87. The minimum Gasteiger partial charge on any atom is -0.508 e. The Labute approximate surface area is 124 Å². The van der Waals surface area contributed by atoms with E-state index in [-0.39, 0.29) is 18.5 Å². The SMILES string of the molecule is Cl.N[C@H](c1cc(OC(F)(F)F)ccc1O)C(F)(F)C(F)(F)F. The van der Waals surface area contributed by atoms with Crippen molar-refractivity contribution in [1.29, 1.82) is 0 Å². The Balaban J connectivity index is 0.00000441. The van der Waals surface area contributed by atoms with Crippen molar-refractivity contribution in [3.05, 3.63) is 23.8 Å². The van der Waals surface area contributed by atoms with E-state index in [9.17, 15) is 40.2 Å². The largest absolute Gasteiger partial charge is 0.573 e. The molecule has 1 atom stereocenters. The van der Waals surface area contributed by atoms with Gasteiger partial charge in [-0.05, 0) is 18.2 Å². The van der Waals surface area contributed by atoms with Gasteiger partial charge < -0.3 is 15.6 Å². The molecule has 0 saturated carbocycles. The summed E-state index contributed by atoms with van der Waals surface area (Å²) >= 11 is 0. The van der Waals surface area contributed by atoms with Crippen molar-refractivity contribution in [2.24, 2.45) is 5.73 Å². The number of phenols is 1. The molecule has 22 heavy (non-hydrogen) atoms. The summed E-state index contributed by atoms with van der Waals surface area (Å²) < 4.78 is 102. The zero-order valence-corrected chi connectivity index (χ0v) is 11.0. The van der Waals surface area contributed by atoms with E-state index in [1.807, 2.05) is 0 Å². The fourth-order valence-electron chi connectivity index (χ4n) is 1.35. The summed E-state index contributed by atoms with van der Waals surface area (Å²) in [5.74, 6) is -7.67. The van der Waals surface area contributed by atoms with E-state index in [4.69, 9.17) is 5.73 Å². The van der Waals surface area contributed by atoms with Crippen LogP contribution in [-0.4, -0.2) is 23.6 Å². The molecule has 12 heteroatoms. The van der Waals surface area contributed by atoms with E-state index in [0.717, 1.165) is 0 Å². The number of alkyl halides is 8. The number of benzene rings is 1. The van der Waals surface area contributed by atoms with Crippen LogP contribution in [0.1, 0.15) is 11.6 Å². The van der Waals surface area contributed by atoms with Crippen LogP contribution in [0.25, 0.3) is 0 Å². The molecule has 0 aliphatic carbocycles. The van der Waals surface area contributed by atoms with Crippen LogP contribution in [0.4, 0.5) is 35.1 Å². The number of nitrogens with two attached hydrogens (primary N) is 1. The average Bonchev–Trinajstić information content (AvgIpc) is 2.27. The second-order valence-corrected chi connectivity index (χ2v) is 3.87. The van der Waals surface area contributed by atoms with Gasteiger partial charge >= 0.3 is 18.5 Å². The Bertz CT molecular complexity index is 517. The first-order valence-electron chi connectivity index (χ1n) is 5.04. The number of aromatic hydroxyl groups is 1. The van der Waals surface area contributed by atoms with Gasteiger partial charge in [-0.25, -0.2) is 0 Å². The van der Waals surface area contributed by atoms with Gasteiger partial charge in [0.2, 0.25) is 0 Å². The summed E-state index contributed by atoms with van der Waals surface area (Å²) in [4.78, 5) is 0. The topological polar surface area (TPSA) is 55.5 Å². The Hall–Kier alpha value is -1.49. The molecule has 0 saturated heterocycles. The Morgan fingerprint density at radius 3 is 1.91 bits per heavy atom. The number of hydrogen-bond acceptors (Lipinski definition) is 3. The molecule has 0 radical (unpaired) electrons. The highest BCUT2D eigenvalue weighted by molar-refractivity contribution is 5.85. The zero-order chi connectivity index (χ0) is 16.6. The first-order chi connectivity index (χ1) is 9.25. The molecule has 3 N–H and O–H groups in total. The van der Waals surface area contributed by atoms with Crippen LogP contribution in [0.3, 0.4) is 0 Å². The number of phenolic OH excluding ortho intramolecular Hbond substituents is 1. The highest BCUT2D eigenvalue weighted by Gasteiger charge is 2.62. The van der Waals surface area contributed by atoms with Crippen molar-refractivity contribution in [3.63, 3.8) is 0 Å². The quantitative estimate of drug-likeness (QED) is 0.803. The van der Waals surface area contributed by atoms with Crippen LogP contribution in [0, 0.1) is 0 Å². The molecule has 1 rings (SSSR count). The van der Waals surface area contributed by atoms with Crippen LogP contribution >= 0.6 is 12.4 Å². The van der Waals surface area contributed by atoms with Crippen molar-refractivity contribution in [2.75, 3.05) is 0 Å². The zero-order valence-electron chi connectivity index (χ0n) is 10.2. The smallest absolute Gasteiger partial charge is 0.508 e. The van der Waals surface area contributed by atoms with E-state index in [0.29, 0.717) is 12.1 Å². The van der Waals surface area contributed by atoms with Crippen LogP contribution in [-0.2, 0) is 0 Å². The molecule has 1 aromatic carbocycles. The van der Waals surface area contributed by atoms with Gasteiger partial charge in [-0.15, -0.1) is 25.6 Å². The lowest BCUT2D eigenvalue weighted by Gasteiger charge is -2.26. The van der Waals surface area contributed by atoms with Gasteiger partial charge in [0.25, 0.3) is 0 Å². The van der Waals surface area contributed by atoms with E-state index in [2.05, 4.69) is 4.74 Å². The molecule has 1 aromatic rings. The molecule has 0 aliphatic heterocycles.